The molecule has 1 N–H and O–H groups in total. The molecule has 214 valence electrons. The Morgan fingerprint density at radius 3 is 2.02 bits per heavy atom. The number of rotatable bonds is 17. The first-order valence-corrected chi connectivity index (χ1v) is 14.8. The van der Waals surface area contributed by atoms with E-state index in [-0.39, 0.29) is 24.2 Å². The van der Waals surface area contributed by atoms with Crippen molar-refractivity contribution in [3.05, 3.63) is 77.9 Å². The quantitative estimate of drug-likeness (QED) is 0.135. The van der Waals surface area contributed by atoms with Crippen molar-refractivity contribution >= 4 is 11.9 Å². The van der Waals surface area contributed by atoms with Crippen molar-refractivity contribution in [1.82, 2.24) is 0 Å². The van der Waals surface area contributed by atoms with Crippen molar-refractivity contribution < 1.29 is 24.2 Å². The molecule has 0 aliphatic carbocycles. The zero-order valence-electron chi connectivity index (χ0n) is 24.3. The zero-order chi connectivity index (χ0) is 28.7. The molecule has 0 spiro atoms. The third-order valence-electron chi connectivity index (χ3n) is 7.04. The van der Waals surface area contributed by atoms with Gasteiger partial charge in [-0.3, -0.25) is 4.79 Å². The number of esters is 1. The van der Waals surface area contributed by atoms with Crippen molar-refractivity contribution in [3.63, 3.8) is 0 Å². The van der Waals surface area contributed by atoms with E-state index in [0.717, 1.165) is 35.1 Å². The van der Waals surface area contributed by atoms with E-state index < -0.39 is 5.97 Å². The fourth-order valence-electron chi connectivity index (χ4n) is 4.77. The average molecular weight is 545 g/mol. The first kappa shape index (κ1) is 30.9. The van der Waals surface area contributed by atoms with Gasteiger partial charge in [-0.05, 0) is 78.3 Å². The minimum absolute atomic E-state index is 0.217. The summed E-state index contributed by atoms with van der Waals surface area (Å²) in [6.07, 6.45) is 11.0. The Balaban J connectivity index is 1.68. The molecule has 0 aromatic heterocycles. The molecule has 0 bridgehead atoms. The molecule has 0 heterocycles. The summed E-state index contributed by atoms with van der Waals surface area (Å²) < 4.78 is 11.2. The van der Waals surface area contributed by atoms with Gasteiger partial charge in [-0.15, -0.1) is 0 Å². The van der Waals surface area contributed by atoms with Gasteiger partial charge in [0.15, 0.2) is 0 Å². The number of aromatic carboxylic acids is 1. The lowest BCUT2D eigenvalue weighted by Crippen LogP contribution is -2.21. The number of aryl methyl sites for hydroxylation is 1. The highest BCUT2D eigenvalue weighted by Gasteiger charge is 2.13. The van der Waals surface area contributed by atoms with Crippen LogP contribution in [-0.2, 0) is 16.0 Å². The van der Waals surface area contributed by atoms with E-state index in [2.05, 4.69) is 31.2 Å². The Hall–Kier alpha value is -3.60. The molecular weight excluding hydrogens is 500 g/mol. The Morgan fingerprint density at radius 1 is 0.750 bits per heavy atom. The molecule has 0 saturated heterocycles. The van der Waals surface area contributed by atoms with Crippen LogP contribution >= 0.6 is 0 Å². The molecular formula is C35H44O5. The highest BCUT2D eigenvalue weighted by Crippen LogP contribution is 2.34. The zero-order valence-corrected chi connectivity index (χ0v) is 24.3. The molecule has 0 unspecified atom stereocenters. The van der Waals surface area contributed by atoms with Crippen molar-refractivity contribution in [2.45, 2.75) is 91.1 Å². The van der Waals surface area contributed by atoms with Gasteiger partial charge < -0.3 is 14.6 Å². The monoisotopic (exact) mass is 544 g/mol. The van der Waals surface area contributed by atoms with Crippen LogP contribution in [0.5, 0.6) is 5.75 Å². The van der Waals surface area contributed by atoms with Gasteiger partial charge in [0.1, 0.15) is 18.5 Å². The third kappa shape index (κ3) is 9.86. The van der Waals surface area contributed by atoms with Crippen LogP contribution in [0.15, 0.2) is 66.7 Å². The molecule has 40 heavy (non-hydrogen) atoms. The van der Waals surface area contributed by atoms with Crippen LogP contribution < -0.4 is 4.74 Å². The van der Waals surface area contributed by atoms with Crippen molar-refractivity contribution in [3.8, 4) is 28.0 Å². The van der Waals surface area contributed by atoms with Gasteiger partial charge in [0.25, 0.3) is 0 Å². The SMILES string of the molecule is CCCCCCCCCc1ccc(-c2ccc(C(=O)O)cc2-c2ccc(OC[C@H](C)OC(=O)CCC)cc2)cc1. The van der Waals surface area contributed by atoms with Crippen LogP contribution in [0.4, 0.5) is 0 Å². The number of hydrogen-bond donors (Lipinski definition) is 1. The largest absolute Gasteiger partial charge is 0.490 e. The number of carboxylic acids is 1. The van der Waals surface area contributed by atoms with E-state index in [4.69, 9.17) is 9.47 Å². The molecule has 5 heteroatoms. The molecule has 5 nitrogen and oxygen atoms in total. The number of carbonyl (C=O) groups is 2. The summed E-state index contributed by atoms with van der Waals surface area (Å²) in [4.78, 5) is 23.4. The van der Waals surface area contributed by atoms with Crippen molar-refractivity contribution in [2.24, 2.45) is 0 Å². The molecule has 0 aliphatic heterocycles. The minimum Gasteiger partial charge on any atom is -0.490 e. The number of carboxylic acid groups (broad SMARTS) is 1. The molecule has 0 radical (unpaired) electrons. The van der Waals surface area contributed by atoms with Gasteiger partial charge in [0.2, 0.25) is 0 Å². The maximum Gasteiger partial charge on any atom is 0.335 e. The second kappa shape index (κ2) is 16.5. The number of unbranched alkanes of at least 4 members (excludes halogenated alkanes) is 6. The lowest BCUT2D eigenvalue weighted by Gasteiger charge is -2.15. The van der Waals surface area contributed by atoms with Crippen molar-refractivity contribution in [2.75, 3.05) is 6.61 Å². The minimum atomic E-state index is -0.954. The summed E-state index contributed by atoms with van der Waals surface area (Å²) in [6.45, 7) is 6.26. The Kier molecular flexibility index (Phi) is 12.8. The van der Waals surface area contributed by atoms with Gasteiger partial charge >= 0.3 is 11.9 Å². The molecule has 0 aliphatic rings. The molecule has 3 rings (SSSR count). The number of benzene rings is 3. The summed E-state index contributed by atoms with van der Waals surface area (Å²) in [7, 11) is 0. The normalized spacial score (nSPS) is 11.7. The molecule has 0 amide bonds. The number of carbonyl (C=O) groups excluding carboxylic acids is 1. The number of ether oxygens (including phenoxy) is 2. The molecule has 0 saturated carbocycles. The van der Waals surface area contributed by atoms with Crippen LogP contribution in [0.1, 0.15) is 94.5 Å². The average Bonchev–Trinajstić information content (AvgIpc) is 2.96. The number of hydrogen-bond acceptors (Lipinski definition) is 4. The highest BCUT2D eigenvalue weighted by atomic mass is 16.6. The van der Waals surface area contributed by atoms with E-state index in [9.17, 15) is 14.7 Å². The Labute approximate surface area is 239 Å². The molecule has 3 aromatic rings. The summed E-state index contributed by atoms with van der Waals surface area (Å²) >= 11 is 0. The lowest BCUT2D eigenvalue weighted by molar-refractivity contribution is -0.149. The van der Waals surface area contributed by atoms with Crippen LogP contribution in [-0.4, -0.2) is 29.8 Å². The summed E-state index contributed by atoms with van der Waals surface area (Å²) in [6, 6.07) is 21.5. The predicted molar refractivity (Wildman–Crippen MR) is 162 cm³/mol. The van der Waals surface area contributed by atoms with Gasteiger partial charge in [-0.2, -0.15) is 0 Å². The third-order valence-corrected chi connectivity index (χ3v) is 7.04. The predicted octanol–water partition coefficient (Wildman–Crippen LogP) is 9.12. The maximum atomic E-state index is 11.7. The van der Waals surface area contributed by atoms with E-state index in [1.54, 1.807) is 12.1 Å². The smallest absolute Gasteiger partial charge is 0.335 e. The van der Waals surface area contributed by atoms with E-state index in [0.29, 0.717) is 12.2 Å². The molecule has 3 aromatic carbocycles. The Bertz CT molecular complexity index is 1200. The lowest BCUT2D eigenvalue weighted by atomic mass is 9.92. The van der Waals surface area contributed by atoms with Crippen LogP contribution in [0, 0.1) is 0 Å². The summed E-state index contributed by atoms with van der Waals surface area (Å²) in [5.74, 6) is -0.511. The van der Waals surface area contributed by atoms with Gasteiger partial charge in [0.05, 0.1) is 5.56 Å². The highest BCUT2D eigenvalue weighted by molar-refractivity contribution is 5.93. The second-order valence-electron chi connectivity index (χ2n) is 10.5. The van der Waals surface area contributed by atoms with Crippen LogP contribution in [0.2, 0.25) is 0 Å². The molecule has 0 fully saturated rings. The Morgan fingerprint density at radius 2 is 1.38 bits per heavy atom. The summed E-state index contributed by atoms with van der Waals surface area (Å²) in [5, 5.41) is 9.62. The second-order valence-corrected chi connectivity index (χ2v) is 10.5. The fraction of sp³-hybridized carbons (Fsp3) is 0.429. The standard InChI is InChI=1S/C35H44O5/c1-4-6-7-8-9-10-11-13-27-14-16-28(17-15-27)32-23-20-30(35(37)38)24-33(32)29-18-21-31(22-19-29)39-25-26(3)40-34(36)12-5-2/h14-24,26H,4-13,25H2,1-3H3,(H,37,38)/t26-/m0/s1. The topological polar surface area (TPSA) is 72.8 Å². The first-order chi connectivity index (χ1) is 19.4. The maximum absolute atomic E-state index is 11.7. The molecule has 1 atom stereocenters. The van der Waals surface area contributed by atoms with E-state index >= 15 is 0 Å². The van der Waals surface area contributed by atoms with E-state index in [1.165, 1.54) is 50.5 Å². The van der Waals surface area contributed by atoms with E-state index in [1.807, 2.05) is 44.2 Å². The fourth-order valence-corrected chi connectivity index (χ4v) is 4.77. The van der Waals surface area contributed by atoms with Gasteiger partial charge in [-0.1, -0.05) is 94.8 Å². The van der Waals surface area contributed by atoms with Gasteiger partial charge in [0, 0.05) is 6.42 Å². The van der Waals surface area contributed by atoms with Crippen LogP contribution in [0.3, 0.4) is 0 Å². The van der Waals surface area contributed by atoms with Crippen LogP contribution in [0.25, 0.3) is 22.3 Å². The summed E-state index contributed by atoms with van der Waals surface area (Å²) in [5.41, 5.74) is 5.37. The van der Waals surface area contributed by atoms with Crippen molar-refractivity contribution in [1.29, 1.82) is 0 Å². The van der Waals surface area contributed by atoms with Gasteiger partial charge in [-0.25, -0.2) is 4.79 Å². The first-order valence-electron chi connectivity index (χ1n) is 14.8.